The second kappa shape index (κ2) is 3.95. The minimum atomic E-state index is 0.151. The van der Waals surface area contributed by atoms with E-state index in [-0.39, 0.29) is 6.04 Å². The van der Waals surface area contributed by atoms with Gasteiger partial charge in [-0.2, -0.15) is 0 Å². The van der Waals surface area contributed by atoms with Gasteiger partial charge in [0.1, 0.15) is 0 Å². The minimum absolute atomic E-state index is 0.151. The van der Waals surface area contributed by atoms with E-state index in [0.717, 1.165) is 13.1 Å². The summed E-state index contributed by atoms with van der Waals surface area (Å²) < 4.78 is 0. The third-order valence-corrected chi connectivity index (χ3v) is 2.60. The van der Waals surface area contributed by atoms with Crippen molar-refractivity contribution in [2.24, 2.45) is 5.73 Å². The van der Waals surface area contributed by atoms with Crippen molar-refractivity contribution < 1.29 is 0 Å². The van der Waals surface area contributed by atoms with Crippen LogP contribution in [0.1, 0.15) is 11.1 Å². The van der Waals surface area contributed by atoms with Gasteiger partial charge < -0.3 is 11.1 Å². The fraction of sp³-hybridized carbons (Fsp3) is 0.333. The van der Waals surface area contributed by atoms with Crippen LogP contribution in [0, 0.1) is 6.92 Å². The second-order valence-electron chi connectivity index (χ2n) is 3.80. The van der Waals surface area contributed by atoms with Gasteiger partial charge in [-0.15, -0.1) is 0 Å². The molecule has 0 saturated heterocycles. The maximum Gasteiger partial charge on any atom is 0.0357 e. The fourth-order valence-corrected chi connectivity index (χ4v) is 1.87. The van der Waals surface area contributed by atoms with Gasteiger partial charge in [-0.1, -0.05) is 30.3 Å². The maximum atomic E-state index is 5.87. The smallest absolute Gasteiger partial charge is 0.0357 e. The van der Waals surface area contributed by atoms with E-state index in [9.17, 15) is 0 Å². The van der Waals surface area contributed by atoms with Crippen molar-refractivity contribution in [3.63, 3.8) is 0 Å². The van der Waals surface area contributed by atoms with Crippen LogP contribution >= 0.6 is 0 Å². The Kier molecular flexibility index (Phi) is 2.66. The molecule has 1 heterocycles. The highest BCUT2D eigenvalue weighted by Crippen LogP contribution is 2.19. The molecule has 0 amide bonds. The average Bonchev–Trinajstić information content (AvgIpc) is 2.18. The van der Waals surface area contributed by atoms with Crippen molar-refractivity contribution >= 4 is 5.57 Å². The lowest BCUT2D eigenvalue weighted by atomic mass is 9.97. The molecule has 0 aliphatic carbocycles. The van der Waals surface area contributed by atoms with Gasteiger partial charge >= 0.3 is 0 Å². The normalized spacial score (nSPS) is 21.9. The van der Waals surface area contributed by atoms with Crippen LogP contribution in [0.15, 0.2) is 30.3 Å². The van der Waals surface area contributed by atoms with Gasteiger partial charge in [0.05, 0.1) is 0 Å². The highest BCUT2D eigenvalue weighted by molar-refractivity contribution is 5.70. The number of hydrogen-bond donors (Lipinski definition) is 2. The SMILES string of the molecule is Cc1ccccc1C1=CC(N)CNC1. The molecule has 2 heteroatoms. The summed E-state index contributed by atoms with van der Waals surface area (Å²) in [5.41, 5.74) is 9.82. The number of rotatable bonds is 1. The number of hydrogen-bond acceptors (Lipinski definition) is 2. The zero-order chi connectivity index (χ0) is 9.97. The quantitative estimate of drug-likeness (QED) is 0.697. The fourth-order valence-electron chi connectivity index (χ4n) is 1.87. The predicted molar refractivity (Wildman–Crippen MR) is 60.0 cm³/mol. The number of benzene rings is 1. The van der Waals surface area contributed by atoms with Crippen LogP contribution in [0.2, 0.25) is 0 Å². The molecule has 1 aromatic carbocycles. The van der Waals surface area contributed by atoms with Gasteiger partial charge in [-0.25, -0.2) is 0 Å². The van der Waals surface area contributed by atoms with E-state index in [2.05, 4.69) is 42.6 Å². The van der Waals surface area contributed by atoms with Crippen molar-refractivity contribution in [1.82, 2.24) is 5.32 Å². The molecule has 2 nitrogen and oxygen atoms in total. The van der Waals surface area contributed by atoms with E-state index >= 15 is 0 Å². The minimum Gasteiger partial charge on any atom is -0.323 e. The lowest BCUT2D eigenvalue weighted by molar-refractivity contribution is 0.662. The molecule has 1 aliphatic heterocycles. The van der Waals surface area contributed by atoms with Crippen LogP contribution in [0.5, 0.6) is 0 Å². The molecule has 1 aliphatic rings. The summed E-state index contributed by atoms with van der Waals surface area (Å²) in [4.78, 5) is 0. The predicted octanol–water partition coefficient (Wildman–Crippen LogP) is 1.31. The Morgan fingerprint density at radius 1 is 1.36 bits per heavy atom. The summed E-state index contributed by atoms with van der Waals surface area (Å²) in [5.74, 6) is 0. The van der Waals surface area contributed by atoms with E-state index in [1.165, 1.54) is 16.7 Å². The molecule has 0 fully saturated rings. The highest BCUT2D eigenvalue weighted by Gasteiger charge is 2.11. The Morgan fingerprint density at radius 3 is 2.86 bits per heavy atom. The van der Waals surface area contributed by atoms with Gasteiger partial charge in [-0.05, 0) is 23.6 Å². The summed E-state index contributed by atoms with van der Waals surface area (Å²) in [6, 6.07) is 8.58. The van der Waals surface area contributed by atoms with Crippen molar-refractivity contribution in [2.75, 3.05) is 13.1 Å². The van der Waals surface area contributed by atoms with Gasteiger partial charge in [0.15, 0.2) is 0 Å². The molecule has 0 saturated carbocycles. The molecule has 2 rings (SSSR count). The average molecular weight is 188 g/mol. The van der Waals surface area contributed by atoms with Crippen LogP contribution in [-0.2, 0) is 0 Å². The summed E-state index contributed by atoms with van der Waals surface area (Å²) >= 11 is 0. The zero-order valence-electron chi connectivity index (χ0n) is 8.46. The summed E-state index contributed by atoms with van der Waals surface area (Å²) in [5, 5.41) is 3.32. The Bertz CT molecular complexity index is 355. The van der Waals surface area contributed by atoms with E-state index in [0.29, 0.717) is 0 Å². The number of nitrogens with one attached hydrogen (secondary N) is 1. The van der Waals surface area contributed by atoms with Gasteiger partial charge in [-0.3, -0.25) is 0 Å². The molecule has 0 aromatic heterocycles. The lowest BCUT2D eigenvalue weighted by Crippen LogP contribution is -2.37. The highest BCUT2D eigenvalue weighted by atomic mass is 14.9. The van der Waals surface area contributed by atoms with E-state index in [1.807, 2.05) is 0 Å². The van der Waals surface area contributed by atoms with E-state index in [4.69, 9.17) is 5.73 Å². The number of aryl methyl sites for hydroxylation is 1. The van der Waals surface area contributed by atoms with E-state index < -0.39 is 0 Å². The van der Waals surface area contributed by atoms with Crippen LogP contribution in [-0.4, -0.2) is 19.1 Å². The van der Waals surface area contributed by atoms with Crippen molar-refractivity contribution in [1.29, 1.82) is 0 Å². The lowest BCUT2D eigenvalue weighted by Gasteiger charge is -2.20. The molecule has 3 N–H and O–H groups in total. The van der Waals surface area contributed by atoms with Gasteiger partial charge in [0, 0.05) is 19.1 Å². The Hall–Kier alpha value is -1.12. The first-order chi connectivity index (χ1) is 6.77. The second-order valence-corrected chi connectivity index (χ2v) is 3.80. The third kappa shape index (κ3) is 1.86. The van der Waals surface area contributed by atoms with E-state index in [1.54, 1.807) is 0 Å². The molecule has 0 bridgehead atoms. The molecule has 74 valence electrons. The first-order valence-corrected chi connectivity index (χ1v) is 5.00. The van der Waals surface area contributed by atoms with Crippen molar-refractivity contribution in [3.8, 4) is 0 Å². The molecular formula is C12H16N2. The molecule has 0 spiro atoms. The molecule has 1 aromatic rings. The molecule has 14 heavy (non-hydrogen) atoms. The standard InChI is InChI=1S/C12H16N2/c1-9-4-2-3-5-12(9)10-6-11(13)8-14-7-10/h2-6,11,14H,7-8,13H2,1H3. The topological polar surface area (TPSA) is 38.0 Å². The number of nitrogens with two attached hydrogens (primary N) is 1. The summed E-state index contributed by atoms with van der Waals surface area (Å²) in [7, 11) is 0. The van der Waals surface area contributed by atoms with Gasteiger partial charge in [0.25, 0.3) is 0 Å². The van der Waals surface area contributed by atoms with Crippen LogP contribution in [0.25, 0.3) is 5.57 Å². The van der Waals surface area contributed by atoms with Crippen LogP contribution in [0.3, 0.4) is 0 Å². The van der Waals surface area contributed by atoms with Gasteiger partial charge in [0.2, 0.25) is 0 Å². The zero-order valence-corrected chi connectivity index (χ0v) is 8.46. The Labute approximate surface area is 84.8 Å². The Balaban J connectivity index is 2.35. The summed E-state index contributed by atoms with van der Waals surface area (Å²) in [6.45, 7) is 3.95. The molecule has 1 unspecified atom stereocenters. The molecular weight excluding hydrogens is 172 g/mol. The van der Waals surface area contributed by atoms with Crippen molar-refractivity contribution in [3.05, 3.63) is 41.5 Å². The molecule has 0 radical (unpaired) electrons. The first-order valence-electron chi connectivity index (χ1n) is 5.00. The summed E-state index contributed by atoms with van der Waals surface area (Å²) in [6.07, 6.45) is 2.17. The van der Waals surface area contributed by atoms with Crippen molar-refractivity contribution in [2.45, 2.75) is 13.0 Å². The maximum absolute atomic E-state index is 5.87. The third-order valence-electron chi connectivity index (χ3n) is 2.60. The Morgan fingerprint density at radius 2 is 2.14 bits per heavy atom. The first kappa shape index (κ1) is 9.44. The molecule has 1 atom stereocenters. The monoisotopic (exact) mass is 188 g/mol. The van der Waals surface area contributed by atoms with Crippen LogP contribution < -0.4 is 11.1 Å². The van der Waals surface area contributed by atoms with Crippen LogP contribution in [0.4, 0.5) is 0 Å². The largest absolute Gasteiger partial charge is 0.323 e.